The van der Waals surface area contributed by atoms with E-state index in [1.807, 2.05) is 30.5 Å². The van der Waals surface area contributed by atoms with Crippen molar-refractivity contribution in [3.8, 4) is 17.2 Å². The van der Waals surface area contributed by atoms with Gasteiger partial charge in [-0.3, -0.25) is 20.4 Å². The van der Waals surface area contributed by atoms with Crippen LogP contribution in [0.25, 0.3) is 5.69 Å². The van der Waals surface area contributed by atoms with E-state index >= 15 is 0 Å². The molecule has 0 radical (unpaired) electrons. The van der Waals surface area contributed by atoms with Crippen LogP contribution < -0.4 is 20.3 Å². The fraction of sp³-hybridized carbons (Fsp3) is 0.200. The van der Waals surface area contributed by atoms with Crippen LogP contribution in [0.4, 0.5) is 0 Å². The summed E-state index contributed by atoms with van der Waals surface area (Å²) in [5.41, 5.74) is 7.54. The summed E-state index contributed by atoms with van der Waals surface area (Å²) >= 11 is 0. The van der Waals surface area contributed by atoms with Gasteiger partial charge in [0.15, 0.2) is 17.3 Å². The summed E-state index contributed by atoms with van der Waals surface area (Å²) in [6.45, 7) is 3.87. The van der Waals surface area contributed by atoms with E-state index < -0.39 is 11.8 Å². The van der Waals surface area contributed by atoms with Crippen molar-refractivity contribution in [1.29, 1.82) is 0 Å². The molecule has 0 atom stereocenters. The number of aromatic nitrogens is 1. The van der Waals surface area contributed by atoms with Crippen LogP contribution in [-0.2, 0) is 0 Å². The summed E-state index contributed by atoms with van der Waals surface area (Å²) in [5, 5.41) is 0. The molecule has 0 aliphatic heterocycles. The minimum absolute atomic E-state index is 0.0879. The Labute approximate surface area is 162 Å². The highest BCUT2D eigenvalue weighted by Crippen LogP contribution is 2.33. The molecule has 2 N–H and O–H groups in total. The molecular weight excluding hydrogens is 362 g/mol. The van der Waals surface area contributed by atoms with Gasteiger partial charge in [0.2, 0.25) is 0 Å². The summed E-state index contributed by atoms with van der Waals surface area (Å²) in [6, 6.07) is 10.3. The van der Waals surface area contributed by atoms with Crippen molar-refractivity contribution in [2.24, 2.45) is 0 Å². The van der Waals surface area contributed by atoms with Gasteiger partial charge in [0, 0.05) is 17.5 Å². The SMILES string of the molecule is COc1cc(C(=O)NNC(=O)c2ccco2)c(-n2c(C)ccc2C)cc1OC. The van der Waals surface area contributed by atoms with Crippen molar-refractivity contribution >= 4 is 11.8 Å². The highest BCUT2D eigenvalue weighted by molar-refractivity contribution is 6.01. The van der Waals surface area contributed by atoms with Crippen LogP contribution in [-0.4, -0.2) is 30.6 Å². The van der Waals surface area contributed by atoms with Crippen molar-refractivity contribution in [1.82, 2.24) is 15.4 Å². The van der Waals surface area contributed by atoms with E-state index in [9.17, 15) is 9.59 Å². The summed E-state index contributed by atoms with van der Waals surface area (Å²) in [6.07, 6.45) is 1.38. The lowest BCUT2D eigenvalue weighted by Crippen LogP contribution is -2.41. The minimum atomic E-state index is -0.561. The Morgan fingerprint density at radius 3 is 2.11 bits per heavy atom. The van der Waals surface area contributed by atoms with Crippen LogP contribution in [0.3, 0.4) is 0 Å². The van der Waals surface area contributed by atoms with E-state index in [0.29, 0.717) is 22.7 Å². The maximum Gasteiger partial charge on any atom is 0.305 e. The first-order chi connectivity index (χ1) is 13.5. The third-order valence-electron chi connectivity index (χ3n) is 4.29. The number of amides is 2. The van der Waals surface area contributed by atoms with Gasteiger partial charge in [-0.1, -0.05) is 0 Å². The number of aryl methyl sites for hydroxylation is 2. The van der Waals surface area contributed by atoms with Crippen molar-refractivity contribution in [3.63, 3.8) is 0 Å². The van der Waals surface area contributed by atoms with E-state index in [1.54, 1.807) is 18.2 Å². The normalized spacial score (nSPS) is 10.4. The van der Waals surface area contributed by atoms with Gasteiger partial charge in [0.25, 0.3) is 5.91 Å². The molecule has 2 heterocycles. The quantitative estimate of drug-likeness (QED) is 0.661. The van der Waals surface area contributed by atoms with Crippen LogP contribution >= 0.6 is 0 Å². The van der Waals surface area contributed by atoms with Crippen molar-refractivity contribution in [2.45, 2.75) is 13.8 Å². The smallest absolute Gasteiger partial charge is 0.305 e. The second-order valence-electron chi connectivity index (χ2n) is 6.06. The van der Waals surface area contributed by atoms with E-state index in [4.69, 9.17) is 13.9 Å². The molecule has 0 spiro atoms. The Balaban J connectivity index is 1.98. The van der Waals surface area contributed by atoms with Gasteiger partial charge in [-0.05, 0) is 44.2 Å². The molecule has 0 fully saturated rings. The first-order valence-corrected chi connectivity index (χ1v) is 8.51. The van der Waals surface area contributed by atoms with Gasteiger partial charge in [-0.2, -0.15) is 0 Å². The lowest BCUT2D eigenvalue weighted by atomic mass is 10.1. The zero-order valence-electron chi connectivity index (χ0n) is 16.0. The molecule has 1 aromatic carbocycles. The summed E-state index contributed by atoms with van der Waals surface area (Å²) in [7, 11) is 3.02. The molecule has 3 aromatic rings. The van der Waals surface area contributed by atoms with Crippen molar-refractivity contribution in [3.05, 3.63) is 65.4 Å². The second kappa shape index (κ2) is 7.91. The zero-order valence-corrected chi connectivity index (χ0v) is 16.0. The lowest BCUT2D eigenvalue weighted by Gasteiger charge is -2.18. The van der Waals surface area contributed by atoms with Gasteiger partial charge in [0.1, 0.15) is 0 Å². The summed E-state index contributed by atoms with van der Waals surface area (Å²) in [4.78, 5) is 24.9. The third kappa shape index (κ3) is 3.57. The number of hydrogen-bond acceptors (Lipinski definition) is 5. The largest absolute Gasteiger partial charge is 0.493 e. The van der Waals surface area contributed by atoms with E-state index in [1.165, 1.54) is 26.5 Å². The highest BCUT2D eigenvalue weighted by Gasteiger charge is 2.21. The highest BCUT2D eigenvalue weighted by atomic mass is 16.5. The van der Waals surface area contributed by atoms with Crippen LogP contribution in [0.5, 0.6) is 11.5 Å². The van der Waals surface area contributed by atoms with Crippen LogP contribution in [0, 0.1) is 13.8 Å². The molecule has 2 aromatic heterocycles. The average Bonchev–Trinajstić information content (AvgIpc) is 3.35. The number of methoxy groups -OCH3 is 2. The molecule has 0 aliphatic rings. The van der Waals surface area contributed by atoms with Gasteiger partial charge < -0.3 is 18.5 Å². The predicted molar refractivity (Wildman–Crippen MR) is 102 cm³/mol. The molecule has 28 heavy (non-hydrogen) atoms. The molecule has 0 saturated heterocycles. The third-order valence-corrected chi connectivity index (χ3v) is 4.29. The molecule has 0 aliphatic carbocycles. The maximum absolute atomic E-state index is 12.9. The van der Waals surface area contributed by atoms with E-state index in [-0.39, 0.29) is 5.76 Å². The van der Waals surface area contributed by atoms with Gasteiger partial charge >= 0.3 is 5.91 Å². The molecule has 8 nitrogen and oxygen atoms in total. The fourth-order valence-electron chi connectivity index (χ4n) is 2.93. The molecular formula is C20H21N3O5. The molecule has 146 valence electrons. The number of carbonyl (C=O) groups excluding carboxylic acids is 2. The van der Waals surface area contributed by atoms with Crippen LogP contribution in [0.2, 0.25) is 0 Å². The van der Waals surface area contributed by atoms with Crippen LogP contribution in [0.15, 0.2) is 47.1 Å². The van der Waals surface area contributed by atoms with Crippen molar-refractivity contribution in [2.75, 3.05) is 14.2 Å². The molecule has 0 saturated carbocycles. The topological polar surface area (TPSA) is 94.7 Å². The first kappa shape index (κ1) is 19.1. The van der Waals surface area contributed by atoms with Crippen LogP contribution in [0.1, 0.15) is 32.3 Å². The number of benzene rings is 1. The van der Waals surface area contributed by atoms with Gasteiger partial charge in [-0.15, -0.1) is 0 Å². The number of carbonyl (C=O) groups is 2. The fourth-order valence-corrected chi connectivity index (χ4v) is 2.93. The molecule has 3 rings (SSSR count). The number of hydrazine groups is 1. The van der Waals surface area contributed by atoms with E-state index in [2.05, 4.69) is 10.9 Å². The molecule has 2 amide bonds. The molecule has 8 heteroatoms. The van der Waals surface area contributed by atoms with Gasteiger partial charge in [-0.25, -0.2) is 0 Å². The number of nitrogens with zero attached hydrogens (tertiary/aromatic N) is 1. The Kier molecular flexibility index (Phi) is 5.39. The average molecular weight is 383 g/mol. The number of ether oxygens (including phenoxy) is 2. The molecule has 0 bridgehead atoms. The summed E-state index contributed by atoms with van der Waals surface area (Å²) < 4.78 is 17.6. The maximum atomic E-state index is 12.9. The number of hydrogen-bond donors (Lipinski definition) is 2. The van der Waals surface area contributed by atoms with E-state index in [0.717, 1.165) is 11.4 Å². The minimum Gasteiger partial charge on any atom is -0.493 e. The second-order valence-corrected chi connectivity index (χ2v) is 6.06. The number of rotatable bonds is 5. The molecule has 0 unspecified atom stereocenters. The number of nitrogens with one attached hydrogen (secondary N) is 2. The Morgan fingerprint density at radius 1 is 0.929 bits per heavy atom. The number of furan rings is 1. The summed E-state index contributed by atoms with van der Waals surface area (Å²) in [5.74, 6) is -0.0978. The standard InChI is InChI=1S/C20H21N3O5/c1-12-7-8-13(2)23(12)15-11-18(27-4)17(26-3)10-14(15)19(24)21-22-20(25)16-6-5-9-28-16/h5-11H,1-4H3,(H,21,24)(H,22,25). The zero-order chi connectivity index (χ0) is 20.3. The monoisotopic (exact) mass is 383 g/mol. The lowest BCUT2D eigenvalue weighted by molar-refractivity contribution is 0.0830. The first-order valence-electron chi connectivity index (χ1n) is 8.51. The van der Waals surface area contributed by atoms with Gasteiger partial charge in [0.05, 0.1) is 31.7 Å². The Bertz CT molecular complexity index is 986. The Morgan fingerprint density at radius 2 is 1.54 bits per heavy atom. The van der Waals surface area contributed by atoms with Crippen molar-refractivity contribution < 1.29 is 23.5 Å². The predicted octanol–water partition coefficient (Wildman–Crippen LogP) is 2.78. The Hall–Kier alpha value is -3.68.